The Morgan fingerprint density at radius 1 is 0.667 bits per heavy atom. The number of benzene rings is 4. The van der Waals surface area contributed by atoms with Crippen LogP contribution in [0.25, 0.3) is 10.8 Å². The summed E-state index contributed by atoms with van der Waals surface area (Å²) in [6, 6.07) is 30.9. The Balaban J connectivity index is 1.59. The van der Waals surface area contributed by atoms with Gasteiger partial charge in [0.15, 0.2) is 5.71 Å². The Hall–Kier alpha value is -4.25. The molecule has 0 aliphatic rings. The molecule has 0 aliphatic carbocycles. The number of rotatable bonds is 5. The Morgan fingerprint density at radius 3 is 2.00 bits per heavy atom. The van der Waals surface area contributed by atoms with Gasteiger partial charge in [-0.1, -0.05) is 102 Å². The number of anilines is 1. The van der Waals surface area contributed by atoms with Gasteiger partial charge in [-0.25, -0.2) is 4.79 Å². The maximum atomic E-state index is 12.9. The van der Waals surface area contributed by atoms with E-state index in [-0.39, 0.29) is 11.5 Å². The fourth-order valence-corrected chi connectivity index (χ4v) is 3.10. The molecular weight excluding hydrogens is 376 g/mol. The molecule has 1 N–H and O–H groups in total. The molecule has 4 aromatic carbocycles. The first kappa shape index (κ1) is 19.1. The van der Waals surface area contributed by atoms with Gasteiger partial charge < -0.3 is 0 Å². The topological polar surface area (TPSA) is 67.8 Å². The molecule has 0 heterocycles. The Kier molecular flexibility index (Phi) is 5.62. The van der Waals surface area contributed by atoms with Gasteiger partial charge in [0.25, 0.3) is 0 Å². The zero-order chi connectivity index (χ0) is 20.8. The molecule has 0 radical (unpaired) electrons. The second kappa shape index (κ2) is 8.84. The standard InChI is InChI=1S/C25H18N2O3/c28-24(20-13-5-2-6-14-20)23(19-11-3-1-4-12-19)27-30-25(29)26-22-17-9-15-18-10-7-8-16-21(18)22/h1-17H,(H,26,29)/b27-23-. The van der Waals surface area contributed by atoms with E-state index >= 15 is 0 Å². The summed E-state index contributed by atoms with van der Waals surface area (Å²) in [6.45, 7) is 0. The van der Waals surface area contributed by atoms with E-state index in [9.17, 15) is 9.59 Å². The number of hydrogen-bond donors (Lipinski definition) is 1. The van der Waals surface area contributed by atoms with Crippen molar-refractivity contribution in [3.8, 4) is 0 Å². The van der Waals surface area contributed by atoms with Gasteiger partial charge in [0.2, 0.25) is 5.78 Å². The number of nitrogens with zero attached hydrogens (tertiary/aromatic N) is 1. The van der Waals surface area contributed by atoms with Crippen LogP contribution in [0.3, 0.4) is 0 Å². The summed E-state index contributed by atoms with van der Waals surface area (Å²) in [6.07, 6.45) is -0.777. The minimum absolute atomic E-state index is 0.0508. The van der Waals surface area contributed by atoms with Crippen molar-refractivity contribution in [2.75, 3.05) is 5.32 Å². The predicted molar refractivity (Wildman–Crippen MR) is 118 cm³/mol. The van der Waals surface area contributed by atoms with E-state index in [4.69, 9.17) is 4.84 Å². The molecule has 0 saturated carbocycles. The van der Waals surface area contributed by atoms with Crippen molar-refractivity contribution >= 4 is 34.0 Å². The summed E-state index contributed by atoms with van der Waals surface area (Å²) in [7, 11) is 0. The van der Waals surface area contributed by atoms with Gasteiger partial charge in [-0.05, 0) is 11.5 Å². The number of Topliss-reactive ketones (excluding diaryl/α,β-unsaturated/α-hetero) is 1. The van der Waals surface area contributed by atoms with Crippen molar-refractivity contribution in [1.29, 1.82) is 0 Å². The van der Waals surface area contributed by atoms with Crippen LogP contribution in [0.1, 0.15) is 15.9 Å². The smallest absolute Gasteiger partial charge is 0.297 e. The molecule has 1 amide bonds. The molecule has 0 aliphatic heterocycles. The lowest BCUT2D eigenvalue weighted by atomic mass is 10.0. The Morgan fingerprint density at radius 2 is 1.27 bits per heavy atom. The number of carbonyl (C=O) groups is 2. The molecule has 0 atom stereocenters. The van der Waals surface area contributed by atoms with Crippen molar-refractivity contribution in [1.82, 2.24) is 0 Å². The lowest BCUT2D eigenvalue weighted by molar-refractivity contribution is 0.106. The average molecular weight is 394 g/mol. The van der Waals surface area contributed by atoms with Gasteiger partial charge in [-0.2, -0.15) is 0 Å². The summed E-state index contributed by atoms with van der Waals surface area (Å²) in [5, 5.41) is 8.46. The molecule has 5 heteroatoms. The average Bonchev–Trinajstić information content (AvgIpc) is 2.80. The van der Waals surface area contributed by atoms with E-state index in [1.807, 2.05) is 48.5 Å². The van der Waals surface area contributed by atoms with Crippen molar-refractivity contribution in [3.63, 3.8) is 0 Å². The van der Waals surface area contributed by atoms with E-state index in [0.29, 0.717) is 16.8 Å². The van der Waals surface area contributed by atoms with Crippen LogP contribution in [0.4, 0.5) is 10.5 Å². The molecule has 30 heavy (non-hydrogen) atoms. The highest BCUT2D eigenvalue weighted by molar-refractivity contribution is 6.51. The lowest BCUT2D eigenvalue weighted by Crippen LogP contribution is -2.19. The van der Waals surface area contributed by atoms with Gasteiger partial charge in [-0.15, -0.1) is 0 Å². The third kappa shape index (κ3) is 4.25. The zero-order valence-corrected chi connectivity index (χ0v) is 16.0. The van der Waals surface area contributed by atoms with E-state index in [1.54, 1.807) is 54.6 Å². The maximum Gasteiger partial charge on any atom is 0.437 e. The Labute approximate surface area is 173 Å². The third-order valence-electron chi connectivity index (χ3n) is 4.54. The fraction of sp³-hybridized carbons (Fsp3) is 0. The number of hydrogen-bond acceptors (Lipinski definition) is 4. The highest BCUT2D eigenvalue weighted by Crippen LogP contribution is 2.23. The monoisotopic (exact) mass is 394 g/mol. The first-order valence-electron chi connectivity index (χ1n) is 9.41. The van der Waals surface area contributed by atoms with Crippen molar-refractivity contribution in [3.05, 3.63) is 114 Å². The van der Waals surface area contributed by atoms with E-state index < -0.39 is 6.09 Å². The van der Waals surface area contributed by atoms with Crippen LogP contribution in [0, 0.1) is 0 Å². The van der Waals surface area contributed by atoms with Gasteiger partial charge in [0.1, 0.15) is 0 Å². The number of oxime groups is 1. The van der Waals surface area contributed by atoms with Crippen molar-refractivity contribution < 1.29 is 14.4 Å². The summed E-state index contributed by atoms with van der Waals surface area (Å²) in [5.41, 5.74) is 1.67. The number of ketones is 1. The van der Waals surface area contributed by atoms with Crippen LogP contribution < -0.4 is 5.32 Å². The summed E-state index contributed by atoms with van der Waals surface area (Å²) in [5.74, 6) is -0.334. The molecule has 4 aromatic rings. The largest absolute Gasteiger partial charge is 0.437 e. The van der Waals surface area contributed by atoms with Crippen LogP contribution in [0.15, 0.2) is 108 Å². The quantitative estimate of drug-likeness (QED) is 0.205. The van der Waals surface area contributed by atoms with Crippen LogP contribution in [-0.2, 0) is 4.84 Å². The van der Waals surface area contributed by atoms with E-state index in [0.717, 1.165) is 10.8 Å². The van der Waals surface area contributed by atoms with Crippen LogP contribution in [0.5, 0.6) is 0 Å². The number of carbonyl (C=O) groups excluding carboxylic acids is 2. The first-order chi connectivity index (χ1) is 14.7. The third-order valence-corrected chi connectivity index (χ3v) is 4.54. The second-order valence-corrected chi connectivity index (χ2v) is 6.53. The first-order valence-corrected chi connectivity index (χ1v) is 9.41. The molecular formula is C25H18N2O3. The van der Waals surface area contributed by atoms with E-state index in [1.165, 1.54) is 0 Å². The molecule has 0 saturated heterocycles. The highest BCUT2D eigenvalue weighted by atomic mass is 16.7. The van der Waals surface area contributed by atoms with Crippen molar-refractivity contribution in [2.45, 2.75) is 0 Å². The number of nitrogens with one attached hydrogen (secondary N) is 1. The summed E-state index contributed by atoms with van der Waals surface area (Å²) in [4.78, 5) is 30.4. The number of fused-ring (bicyclic) bond motifs is 1. The molecule has 146 valence electrons. The molecule has 0 fully saturated rings. The highest BCUT2D eigenvalue weighted by Gasteiger charge is 2.18. The van der Waals surface area contributed by atoms with E-state index in [2.05, 4.69) is 10.5 Å². The minimum Gasteiger partial charge on any atom is -0.297 e. The maximum absolute atomic E-state index is 12.9. The SMILES string of the molecule is O=C(Nc1cccc2ccccc12)O/N=C(\C(=O)c1ccccc1)c1ccccc1. The van der Waals surface area contributed by atoms with Crippen LogP contribution >= 0.6 is 0 Å². The molecule has 4 rings (SSSR count). The second-order valence-electron chi connectivity index (χ2n) is 6.53. The number of amides is 1. The minimum atomic E-state index is -0.777. The summed E-state index contributed by atoms with van der Waals surface area (Å²) >= 11 is 0. The van der Waals surface area contributed by atoms with Crippen molar-refractivity contribution in [2.24, 2.45) is 5.16 Å². The molecule has 0 bridgehead atoms. The fourth-order valence-electron chi connectivity index (χ4n) is 3.10. The Bertz CT molecular complexity index is 1210. The lowest BCUT2D eigenvalue weighted by Gasteiger charge is -2.08. The van der Waals surface area contributed by atoms with Gasteiger partial charge >= 0.3 is 6.09 Å². The summed E-state index contributed by atoms with van der Waals surface area (Å²) < 4.78 is 0. The molecule has 5 nitrogen and oxygen atoms in total. The molecule has 0 spiro atoms. The van der Waals surface area contributed by atoms with Crippen LogP contribution in [-0.4, -0.2) is 17.6 Å². The van der Waals surface area contributed by atoms with Gasteiger partial charge in [-0.3, -0.25) is 14.9 Å². The zero-order valence-electron chi connectivity index (χ0n) is 16.0. The van der Waals surface area contributed by atoms with Crippen LogP contribution in [0.2, 0.25) is 0 Å². The predicted octanol–water partition coefficient (Wildman–Crippen LogP) is 5.68. The normalized spacial score (nSPS) is 11.1. The van der Waals surface area contributed by atoms with Gasteiger partial charge in [0, 0.05) is 16.5 Å². The molecule has 0 aromatic heterocycles. The molecule has 0 unspecified atom stereocenters. The van der Waals surface area contributed by atoms with Gasteiger partial charge in [0.05, 0.1) is 5.69 Å².